The zero-order valence-electron chi connectivity index (χ0n) is 12.0. The average Bonchev–Trinajstić information content (AvgIpc) is 2.87. The van der Waals surface area contributed by atoms with Crippen LogP contribution >= 0.6 is 0 Å². The van der Waals surface area contributed by atoms with Gasteiger partial charge < -0.3 is 10.0 Å². The Morgan fingerprint density at radius 2 is 2.15 bits per heavy atom. The van der Waals surface area contributed by atoms with E-state index in [9.17, 15) is 9.90 Å². The maximum Gasteiger partial charge on any atom is 0.227 e. The van der Waals surface area contributed by atoms with Crippen LogP contribution in [-0.2, 0) is 11.2 Å². The fourth-order valence-electron chi connectivity index (χ4n) is 3.46. The van der Waals surface area contributed by atoms with Crippen LogP contribution in [0.1, 0.15) is 25.3 Å². The molecule has 0 bridgehead atoms. The third-order valence-corrected chi connectivity index (χ3v) is 4.59. The Morgan fingerprint density at radius 1 is 1.35 bits per heavy atom. The third kappa shape index (κ3) is 2.52. The van der Waals surface area contributed by atoms with E-state index in [-0.39, 0.29) is 17.7 Å². The SMILES string of the molecule is CC1CN2CCCC2CN1C(=O)Cc1ccccc1O. The van der Waals surface area contributed by atoms with Crippen LogP contribution in [0, 0.1) is 0 Å². The number of hydrogen-bond donors (Lipinski definition) is 1. The number of carbonyl (C=O) groups is 1. The van der Waals surface area contributed by atoms with Gasteiger partial charge in [-0.05, 0) is 32.4 Å². The number of hydrogen-bond acceptors (Lipinski definition) is 3. The Hall–Kier alpha value is -1.55. The van der Waals surface area contributed by atoms with Crippen molar-refractivity contribution in [1.82, 2.24) is 9.80 Å². The van der Waals surface area contributed by atoms with E-state index in [1.54, 1.807) is 12.1 Å². The number of rotatable bonds is 2. The lowest BCUT2D eigenvalue weighted by atomic mass is 10.1. The van der Waals surface area contributed by atoms with E-state index in [4.69, 9.17) is 0 Å². The number of phenols is 1. The first-order valence-corrected chi connectivity index (χ1v) is 7.45. The average molecular weight is 274 g/mol. The monoisotopic (exact) mass is 274 g/mol. The van der Waals surface area contributed by atoms with Gasteiger partial charge in [0, 0.05) is 30.7 Å². The van der Waals surface area contributed by atoms with E-state index >= 15 is 0 Å². The molecule has 1 N–H and O–H groups in total. The van der Waals surface area contributed by atoms with E-state index in [1.807, 2.05) is 17.0 Å². The van der Waals surface area contributed by atoms with Gasteiger partial charge in [0.1, 0.15) is 5.75 Å². The maximum absolute atomic E-state index is 12.5. The Kier molecular flexibility index (Phi) is 3.66. The van der Waals surface area contributed by atoms with Crippen LogP contribution in [0.15, 0.2) is 24.3 Å². The molecule has 2 heterocycles. The van der Waals surface area contributed by atoms with E-state index in [0.717, 1.165) is 18.7 Å². The second kappa shape index (κ2) is 5.44. The number of benzene rings is 1. The van der Waals surface area contributed by atoms with E-state index < -0.39 is 0 Å². The minimum absolute atomic E-state index is 0.130. The number of phenolic OH excluding ortho intramolecular Hbond substituents is 1. The fraction of sp³-hybridized carbons (Fsp3) is 0.562. The molecule has 1 aromatic carbocycles. The second-order valence-electron chi connectivity index (χ2n) is 5.99. The second-order valence-corrected chi connectivity index (χ2v) is 5.99. The third-order valence-electron chi connectivity index (χ3n) is 4.59. The molecule has 0 saturated carbocycles. The Balaban J connectivity index is 1.69. The minimum atomic E-state index is 0.130. The van der Waals surface area contributed by atoms with Crippen molar-refractivity contribution in [2.45, 2.75) is 38.3 Å². The van der Waals surface area contributed by atoms with Crippen molar-refractivity contribution in [3.8, 4) is 5.75 Å². The molecule has 0 radical (unpaired) electrons. The molecule has 1 amide bonds. The summed E-state index contributed by atoms with van der Waals surface area (Å²) < 4.78 is 0. The minimum Gasteiger partial charge on any atom is -0.508 e. The number of nitrogens with zero attached hydrogens (tertiary/aromatic N) is 2. The molecule has 0 spiro atoms. The lowest BCUT2D eigenvalue weighted by Gasteiger charge is -2.42. The van der Waals surface area contributed by atoms with Crippen molar-refractivity contribution in [3.05, 3.63) is 29.8 Å². The van der Waals surface area contributed by atoms with E-state index in [2.05, 4.69) is 11.8 Å². The van der Waals surface area contributed by atoms with Crippen LogP contribution in [-0.4, -0.2) is 52.5 Å². The highest BCUT2D eigenvalue weighted by Gasteiger charge is 2.36. The molecule has 0 aromatic heterocycles. The van der Waals surface area contributed by atoms with Gasteiger partial charge in [-0.2, -0.15) is 0 Å². The van der Waals surface area contributed by atoms with Gasteiger partial charge in [0.15, 0.2) is 0 Å². The molecular formula is C16H22N2O2. The molecule has 0 aliphatic carbocycles. The predicted octanol–water partition coefficient (Wildman–Crippen LogP) is 1.63. The van der Waals surface area contributed by atoms with Gasteiger partial charge >= 0.3 is 0 Å². The Labute approximate surface area is 120 Å². The molecule has 4 nitrogen and oxygen atoms in total. The number of para-hydroxylation sites is 1. The zero-order chi connectivity index (χ0) is 14.1. The number of piperazine rings is 1. The highest BCUT2D eigenvalue weighted by molar-refractivity contribution is 5.80. The summed E-state index contributed by atoms with van der Waals surface area (Å²) in [5, 5.41) is 9.79. The fourth-order valence-corrected chi connectivity index (χ4v) is 3.46. The van der Waals surface area contributed by atoms with Crippen LogP contribution in [0.4, 0.5) is 0 Å². The van der Waals surface area contributed by atoms with E-state index in [0.29, 0.717) is 12.5 Å². The molecule has 2 atom stereocenters. The molecule has 3 rings (SSSR count). The topological polar surface area (TPSA) is 43.8 Å². The first kappa shape index (κ1) is 13.4. The molecule has 4 heteroatoms. The number of aromatic hydroxyl groups is 1. The van der Waals surface area contributed by atoms with E-state index in [1.165, 1.54) is 19.4 Å². The molecule has 2 saturated heterocycles. The van der Waals surface area contributed by atoms with Crippen molar-refractivity contribution >= 4 is 5.91 Å². The summed E-state index contributed by atoms with van der Waals surface area (Å²) in [4.78, 5) is 17.0. The standard InChI is InChI=1S/C16H22N2O2/c1-12-10-17-8-4-6-14(17)11-18(12)16(20)9-13-5-2-3-7-15(13)19/h2-3,5,7,12,14,19H,4,6,8-11H2,1H3. The van der Waals surface area contributed by atoms with Crippen molar-refractivity contribution in [2.75, 3.05) is 19.6 Å². The van der Waals surface area contributed by atoms with Gasteiger partial charge in [-0.25, -0.2) is 0 Å². The van der Waals surface area contributed by atoms with Gasteiger partial charge in [-0.3, -0.25) is 9.69 Å². The van der Waals surface area contributed by atoms with Crippen molar-refractivity contribution in [2.24, 2.45) is 0 Å². The highest BCUT2D eigenvalue weighted by Crippen LogP contribution is 2.25. The summed E-state index contributed by atoms with van der Waals surface area (Å²) >= 11 is 0. The zero-order valence-corrected chi connectivity index (χ0v) is 12.0. The molecular weight excluding hydrogens is 252 g/mol. The van der Waals surface area contributed by atoms with Crippen LogP contribution < -0.4 is 0 Å². The van der Waals surface area contributed by atoms with Crippen molar-refractivity contribution in [3.63, 3.8) is 0 Å². The molecule has 2 aliphatic rings. The largest absolute Gasteiger partial charge is 0.508 e. The Bertz CT molecular complexity index is 503. The molecule has 2 unspecified atom stereocenters. The molecule has 20 heavy (non-hydrogen) atoms. The first-order chi connectivity index (χ1) is 9.65. The number of amides is 1. The molecule has 108 valence electrons. The van der Waals surface area contributed by atoms with Gasteiger partial charge in [-0.15, -0.1) is 0 Å². The number of carbonyl (C=O) groups excluding carboxylic acids is 1. The molecule has 1 aromatic rings. The molecule has 2 fully saturated rings. The van der Waals surface area contributed by atoms with Gasteiger partial charge in [0.2, 0.25) is 5.91 Å². The van der Waals surface area contributed by atoms with Crippen LogP contribution in [0.5, 0.6) is 5.75 Å². The van der Waals surface area contributed by atoms with Crippen molar-refractivity contribution in [1.29, 1.82) is 0 Å². The summed E-state index contributed by atoms with van der Waals surface area (Å²) in [6.45, 7) is 5.12. The summed E-state index contributed by atoms with van der Waals surface area (Å²) in [7, 11) is 0. The Morgan fingerprint density at radius 3 is 2.95 bits per heavy atom. The maximum atomic E-state index is 12.5. The lowest BCUT2D eigenvalue weighted by molar-refractivity contribution is -0.136. The first-order valence-electron chi connectivity index (χ1n) is 7.45. The van der Waals surface area contributed by atoms with Crippen LogP contribution in [0.25, 0.3) is 0 Å². The summed E-state index contributed by atoms with van der Waals surface area (Å²) in [6.07, 6.45) is 2.75. The van der Waals surface area contributed by atoms with Crippen molar-refractivity contribution < 1.29 is 9.90 Å². The summed E-state index contributed by atoms with van der Waals surface area (Å²) in [5.41, 5.74) is 0.721. The van der Waals surface area contributed by atoms with Gasteiger partial charge in [0.25, 0.3) is 0 Å². The van der Waals surface area contributed by atoms with Crippen LogP contribution in [0.3, 0.4) is 0 Å². The number of fused-ring (bicyclic) bond motifs is 1. The van der Waals surface area contributed by atoms with Gasteiger partial charge in [-0.1, -0.05) is 18.2 Å². The highest BCUT2D eigenvalue weighted by atomic mass is 16.3. The normalized spacial score (nSPS) is 26.6. The van der Waals surface area contributed by atoms with Crippen LogP contribution in [0.2, 0.25) is 0 Å². The lowest BCUT2D eigenvalue weighted by Crippen LogP contribution is -2.57. The smallest absolute Gasteiger partial charge is 0.227 e. The van der Waals surface area contributed by atoms with Gasteiger partial charge in [0.05, 0.1) is 6.42 Å². The molecule has 2 aliphatic heterocycles. The quantitative estimate of drug-likeness (QED) is 0.891. The summed E-state index contributed by atoms with van der Waals surface area (Å²) in [5.74, 6) is 0.346. The summed E-state index contributed by atoms with van der Waals surface area (Å²) in [6, 6.07) is 7.91. The predicted molar refractivity (Wildman–Crippen MR) is 77.6 cm³/mol.